The molecule has 1 atom stereocenters. The van der Waals surface area contributed by atoms with Gasteiger partial charge in [-0.1, -0.05) is 10.6 Å². The van der Waals surface area contributed by atoms with E-state index in [-0.39, 0.29) is 12.3 Å². The number of hydrogen-bond acceptors (Lipinski definition) is 6. The molecule has 1 amide bonds. The molecular weight excluding hydrogens is 286 g/mol. The molecule has 0 spiro atoms. The summed E-state index contributed by atoms with van der Waals surface area (Å²) >= 11 is 2.41. The molecule has 0 aliphatic rings. The Labute approximate surface area is 117 Å². The molecule has 19 heavy (non-hydrogen) atoms. The minimum absolute atomic E-state index is 0.155. The molecule has 2 heterocycles. The standard InChI is InChI=1S/C11H11N3O3S2/c1-6-10(19-14-13-6)11(17)12-7(5-9(15)16)8-3-2-4-18-8/h2-4,7H,5H2,1H3,(H,12,17)(H,15,16). The van der Waals surface area contributed by atoms with E-state index < -0.39 is 12.0 Å². The number of aryl methyl sites for hydroxylation is 1. The minimum Gasteiger partial charge on any atom is -0.481 e. The van der Waals surface area contributed by atoms with Crippen molar-refractivity contribution in [2.45, 2.75) is 19.4 Å². The van der Waals surface area contributed by atoms with E-state index in [1.807, 2.05) is 11.4 Å². The first-order chi connectivity index (χ1) is 9.08. The summed E-state index contributed by atoms with van der Waals surface area (Å²) in [5.41, 5.74) is 0.544. The molecule has 2 rings (SSSR count). The molecule has 0 aromatic carbocycles. The van der Waals surface area contributed by atoms with Gasteiger partial charge in [-0.15, -0.1) is 16.4 Å². The monoisotopic (exact) mass is 297 g/mol. The molecule has 0 saturated heterocycles. The van der Waals surface area contributed by atoms with E-state index in [0.717, 1.165) is 16.4 Å². The fourth-order valence-electron chi connectivity index (χ4n) is 1.55. The number of carboxylic acid groups (broad SMARTS) is 1. The summed E-state index contributed by atoms with van der Waals surface area (Å²) in [6.45, 7) is 1.69. The number of carbonyl (C=O) groups excluding carboxylic acids is 1. The van der Waals surface area contributed by atoms with Crippen LogP contribution in [0.15, 0.2) is 17.5 Å². The van der Waals surface area contributed by atoms with Crippen molar-refractivity contribution in [1.29, 1.82) is 0 Å². The van der Waals surface area contributed by atoms with Crippen LogP contribution >= 0.6 is 22.9 Å². The number of carboxylic acids is 1. The zero-order valence-corrected chi connectivity index (χ0v) is 11.6. The Kier molecular flexibility index (Phi) is 4.23. The third-order valence-electron chi connectivity index (χ3n) is 2.43. The molecule has 0 bridgehead atoms. The lowest BCUT2D eigenvalue weighted by Crippen LogP contribution is -2.29. The van der Waals surface area contributed by atoms with E-state index in [9.17, 15) is 9.59 Å². The summed E-state index contributed by atoms with van der Waals surface area (Å²) < 4.78 is 3.69. The molecule has 100 valence electrons. The zero-order chi connectivity index (χ0) is 13.8. The third-order valence-corrected chi connectivity index (χ3v) is 4.24. The van der Waals surface area contributed by atoms with E-state index in [1.165, 1.54) is 11.3 Å². The number of nitrogens with zero attached hydrogens (tertiary/aromatic N) is 2. The Morgan fingerprint density at radius 2 is 2.32 bits per heavy atom. The van der Waals surface area contributed by atoms with Gasteiger partial charge >= 0.3 is 5.97 Å². The van der Waals surface area contributed by atoms with Crippen molar-refractivity contribution in [3.63, 3.8) is 0 Å². The highest BCUT2D eigenvalue weighted by atomic mass is 32.1. The van der Waals surface area contributed by atoms with E-state index in [1.54, 1.807) is 13.0 Å². The average molecular weight is 297 g/mol. The van der Waals surface area contributed by atoms with Gasteiger partial charge in [0.1, 0.15) is 4.88 Å². The lowest BCUT2D eigenvalue weighted by atomic mass is 10.1. The predicted molar refractivity (Wildman–Crippen MR) is 71.4 cm³/mol. The second-order valence-corrected chi connectivity index (χ2v) is 5.56. The maximum atomic E-state index is 12.0. The number of carbonyl (C=O) groups is 2. The predicted octanol–water partition coefficient (Wildman–Crippen LogP) is 1.85. The van der Waals surface area contributed by atoms with Crippen LogP contribution in [0.3, 0.4) is 0 Å². The highest BCUT2D eigenvalue weighted by Crippen LogP contribution is 2.23. The van der Waals surface area contributed by atoms with Crippen molar-refractivity contribution in [2.24, 2.45) is 0 Å². The molecule has 2 N–H and O–H groups in total. The van der Waals surface area contributed by atoms with E-state index >= 15 is 0 Å². The molecule has 6 nitrogen and oxygen atoms in total. The summed E-state index contributed by atoms with van der Waals surface area (Å²) in [5.74, 6) is -1.30. The van der Waals surface area contributed by atoms with E-state index in [0.29, 0.717) is 10.6 Å². The number of hydrogen-bond donors (Lipinski definition) is 2. The maximum Gasteiger partial charge on any atom is 0.305 e. The Morgan fingerprint density at radius 3 is 2.84 bits per heavy atom. The summed E-state index contributed by atoms with van der Waals surface area (Å²) in [6.07, 6.45) is -0.155. The zero-order valence-electron chi connectivity index (χ0n) is 9.99. The van der Waals surface area contributed by atoms with Crippen LogP contribution < -0.4 is 5.32 Å². The van der Waals surface area contributed by atoms with Crippen molar-refractivity contribution >= 4 is 34.7 Å². The first-order valence-corrected chi connectivity index (χ1v) is 7.08. The Hall–Kier alpha value is -1.80. The molecule has 0 aliphatic heterocycles. The van der Waals surface area contributed by atoms with Gasteiger partial charge in [-0.3, -0.25) is 9.59 Å². The van der Waals surface area contributed by atoms with E-state index in [4.69, 9.17) is 5.11 Å². The topological polar surface area (TPSA) is 92.2 Å². The fourth-order valence-corrected chi connectivity index (χ4v) is 2.89. The summed E-state index contributed by atoms with van der Waals surface area (Å²) in [5, 5.41) is 17.2. The Bertz CT molecular complexity index is 580. The second kappa shape index (κ2) is 5.89. The van der Waals surface area contributed by atoms with Crippen molar-refractivity contribution in [3.05, 3.63) is 33.0 Å². The lowest BCUT2D eigenvalue weighted by molar-refractivity contribution is -0.137. The number of aliphatic carboxylic acids is 1. The Balaban J connectivity index is 2.15. The first kappa shape index (κ1) is 13.6. The lowest BCUT2D eigenvalue weighted by Gasteiger charge is -2.14. The van der Waals surface area contributed by atoms with Gasteiger partial charge in [0, 0.05) is 4.88 Å². The molecule has 2 aromatic rings. The molecule has 8 heteroatoms. The maximum absolute atomic E-state index is 12.0. The summed E-state index contributed by atoms with van der Waals surface area (Å²) in [6, 6.07) is 3.09. The smallest absolute Gasteiger partial charge is 0.305 e. The van der Waals surface area contributed by atoms with Gasteiger partial charge in [0.25, 0.3) is 5.91 Å². The molecule has 0 saturated carbocycles. The van der Waals surface area contributed by atoms with Crippen LogP contribution in [0.25, 0.3) is 0 Å². The van der Waals surface area contributed by atoms with Crippen molar-refractivity contribution in [1.82, 2.24) is 14.9 Å². The highest BCUT2D eigenvalue weighted by Gasteiger charge is 2.22. The highest BCUT2D eigenvalue weighted by molar-refractivity contribution is 7.10. The van der Waals surface area contributed by atoms with Gasteiger partial charge in [0.05, 0.1) is 18.2 Å². The van der Waals surface area contributed by atoms with Gasteiger partial charge in [-0.2, -0.15) is 0 Å². The van der Waals surface area contributed by atoms with Crippen LogP contribution in [0.1, 0.15) is 32.7 Å². The minimum atomic E-state index is -0.960. The molecular formula is C11H11N3O3S2. The quantitative estimate of drug-likeness (QED) is 0.878. The van der Waals surface area contributed by atoms with E-state index in [2.05, 4.69) is 14.9 Å². The van der Waals surface area contributed by atoms with Crippen LogP contribution in [0.4, 0.5) is 0 Å². The molecule has 2 aromatic heterocycles. The van der Waals surface area contributed by atoms with Gasteiger partial charge in [-0.25, -0.2) is 0 Å². The Morgan fingerprint density at radius 1 is 1.53 bits per heavy atom. The number of nitrogens with one attached hydrogen (secondary N) is 1. The van der Waals surface area contributed by atoms with Gasteiger partial charge < -0.3 is 10.4 Å². The molecule has 0 aliphatic carbocycles. The van der Waals surface area contributed by atoms with Gasteiger partial charge in [0.2, 0.25) is 0 Å². The fraction of sp³-hybridized carbons (Fsp3) is 0.273. The number of thiophene rings is 1. The third kappa shape index (κ3) is 3.36. The number of amides is 1. The number of aromatic nitrogens is 2. The van der Waals surface area contributed by atoms with Gasteiger partial charge in [-0.05, 0) is 29.9 Å². The van der Waals surface area contributed by atoms with Crippen molar-refractivity contribution in [2.75, 3.05) is 0 Å². The summed E-state index contributed by atoms with van der Waals surface area (Å²) in [4.78, 5) is 24.1. The molecule has 0 fully saturated rings. The SMILES string of the molecule is Cc1nnsc1C(=O)NC(CC(=O)O)c1cccs1. The van der Waals surface area contributed by atoms with Crippen molar-refractivity contribution in [3.8, 4) is 0 Å². The van der Waals surface area contributed by atoms with Gasteiger partial charge in [0.15, 0.2) is 0 Å². The number of rotatable bonds is 5. The van der Waals surface area contributed by atoms with Crippen LogP contribution in [0.2, 0.25) is 0 Å². The normalized spacial score (nSPS) is 12.1. The van der Waals surface area contributed by atoms with Crippen LogP contribution in [0, 0.1) is 6.92 Å². The largest absolute Gasteiger partial charge is 0.481 e. The molecule has 0 radical (unpaired) electrons. The van der Waals surface area contributed by atoms with Crippen LogP contribution in [-0.2, 0) is 4.79 Å². The average Bonchev–Trinajstić information content (AvgIpc) is 2.97. The van der Waals surface area contributed by atoms with Crippen LogP contribution in [-0.4, -0.2) is 26.6 Å². The molecule has 1 unspecified atom stereocenters. The van der Waals surface area contributed by atoms with Crippen LogP contribution in [0.5, 0.6) is 0 Å². The van der Waals surface area contributed by atoms with Crippen molar-refractivity contribution < 1.29 is 14.7 Å². The summed E-state index contributed by atoms with van der Waals surface area (Å²) in [7, 11) is 0. The second-order valence-electron chi connectivity index (χ2n) is 3.83. The first-order valence-electron chi connectivity index (χ1n) is 5.43.